The highest BCUT2D eigenvalue weighted by molar-refractivity contribution is 7.14. The van der Waals surface area contributed by atoms with Gasteiger partial charge in [0.2, 0.25) is 5.89 Å². The van der Waals surface area contributed by atoms with E-state index in [1.54, 1.807) is 13.0 Å². The first kappa shape index (κ1) is 19.3. The van der Waals surface area contributed by atoms with Gasteiger partial charge in [0.1, 0.15) is 11.6 Å². The Morgan fingerprint density at radius 2 is 2.17 bits per heavy atom. The van der Waals surface area contributed by atoms with Crippen LogP contribution in [-0.4, -0.2) is 27.5 Å². The fraction of sp³-hybridized carbons (Fsp3) is 0.333. The molecule has 1 aliphatic heterocycles. The monoisotopic (exact) mass is 411 g/mol. The summed E-state index contributed by atoms with van der Waals surface area (Å²) in [6.45, 7) is 7.39. The summed E-state index contributed by atoms with van der Waals surface area (Å²) in [5, 5.41) is 4.29. The summed E-state index contributed by atoms with van der Waals surface area (Å²) < 4.78 is 25.4. The normalized spacial score (nSPS) is 16.0. The highest BCUT2D eigenvalue weighted by Crippen LogP contribution is 2.42. The lowest BCUT2D eigenvalue weighted by molar-refractivity contribution is 0.101. The molecule has 0 spiro atoms. The number of thiazole rings is 1. The minimum absolute atomic E-state index is 0.0436. The number of carbonyl (C=O) groups excluding carboxylic acids is 1. The summed E-state index contributed by atoms with van der Waals surface area (Å²) in [5.74, 6) is 6.29. The number of ether oxygens (including phenoxy) is 1. The molecule has 8 heteroatoms. The lowest BCUT2D eigenvalue weighted by Gasteiger charge is -2.09. The average Bonchev–Trinajstić information content (AvgIpc) is 3.29. The summed E-state index contributed by atoms with van der Waals surface area (Å²) in [5.41, 5.74) is 1.52. The van der Waals surface area contributed by atoms with Crippen molar-refractivity contribution in [1.82, 2.24) is 15.1 Å². The molecule has 148 valence electrons. The fourth-order valence-electron chi connectivity index (χ4n) is 3.00. The number of carbonyl (C=O) groups is 1. The largest absolute Gasteiger partial charge is 0.492 e. The molecule has 0 N–H and O–H groups in total. The molecule has 3 aromatic rings. The predicted octanol–water partition coefficient (Wildman–Crippen LogP) is 4.49. The first-order valence-corrected chi connectivity index (χ1v) is 9.95. The number of ketones is 1. The zero-order chi connectivity index (χ0) is 20.7. The number of fused-ring (bicyclic) bond motifs is 3. The zero-order valence-electron chi connectivity index (χ0n) is 16.4. The third kappa shape index (κ3) is 3.66. The van der Waals surface area contributed by atoms with Crippen LogP contribution in [0.25, 0.3) is 11.3 Å². The van der Waals surface area contributed by atoms with E-state index in [1.807, 2.05) is 13.8 Å². The Bertz CT molecular complexity index is 1170. The number of nitrogens with zero attached hydrogens (tertiary/aromatic N) is 3. The van der Waals surface area contributed by atoms with E-state index < -0.39 is 5.82 Å². The molecule has 2 unspecified atom stereocenters. The van der Waals surface area contributed by atoms with Crippen LogP contribution in [0.2, 0.25) is 0 Å². The van der Waals surface area contributed by atoms with E-state index in [0.29, 0.717) is 40.3 Å². The Balaban J connectivity index is 1.78. The zero-order valence-corrected chi connectivity index (χ0v) is 17.2. The highest BCUT2D eigenvalue weighted by atomic mass is 32.1. The number of benzene rings is 1. The van der Waals surface area contributed by atoms with E-state index >= 15 is 0 Å². The third-order valence-corrected chi connectivity index (χ3v) is 5.96. The fourth-order valence-corrected chi connectivity index (χ4v) is 4.01. The molecule has 6 nitrogen and oxygen atoms in total. The maximum absolute atomic E-state index is 14.7. The number of aromatic nitrogens is 3. The lowest BCUT2D eigenvalue weighted by Crippen LogP contribution is -2.04. The van der Waals surface area contributed by atoms with Crippen molar-refractivity contribution in [2.45, 2.75) is 39.5 Å². The molecule has 4 rings (SSSR count). The Morgan fingerprint density at radius 1 is 1.38 bits per heavy atom. The standard InChI is InChI=1S/C21H18FN3O3S/c1-10(20-23-13(4)28-25-20)5-6-14-7-15-17(8-16(14)22)27-9-11(2)19-18(15)24-21(29-19)12(3)26/h7-8,10-11H,9H2,1-4H3. The van der Waals surface area contributed by atoms with Crippen LogP contribution >= 0.6 is 11.3 Å². The summed E-state index contributed by atoms with van der Waals surface area (Å²) in [4.78, 5) is 21.4. The van der Waals surface area contributed by atoms with Crippen molar-refractivity contribution >= 4 is 17.1 Å². The molecule has 1 aliphatic rings. The molecule has 0 bridgehead atoms. The van der Waals surface area contributed by atoms with E-state index in [-0.39, 0.29) is 23.2 Å². The topological polar surface area (TPSA) is 78.1 Å². The van der Waals surface area contributed by atoms with Crippen LogP contribution in [-0.2, 0) is 0 Å². The molecular weight excluding hydrogens is 393 g/mol. The second-order valence-electron chi connectivity index (χ2n) is 6.99. The highest BCUT2D eigenvalue weighted by Gasteiger charge is 2.27. The molecule has 2 aromatic heterocycles. The Hall–Kier alpha value is -3.05. The van der Waals surface area contributed by atoms with Crippen LogP contribution in [0.15, 0.2) is 16.7 Å². The summed E-state index contributed by atoms with van der Waals surface area (Å²) in [7, 11) is 0. The maximum Gasteiger partial charge on any atom is 0.223 e. The van der Waals surface area contributed by atoms with E-state index in [4.69, 9.17) is 9.26 Å². The molecule has 0 saturated heterocycles. The van der Waals surface area contributed by atoms with Crippen molar-refractivity contribution in [1.29, 1.82) is 0 Å². The number of Topliss-reactive ketones (excluding diaryl/α,β-unsaturated/α-hetero) is 1. The van der Waals surface area contributed by atoms with E-state index in [0.717, 1.165) is 4.88 Å². The van der Waals surface area contributed by atoms with E-state index in [1.165, 1.54) is 24.3 Å². The Labute approximate surface area is 171 Å². The molecule has 0 amide bonds. The van der Waals surface area contributed by atoms with Gasteiger partial charge >= 0.3 is 0 Å². The van der Waals surface area contributed by atoms with Crippen LogP contribution in [0.1, 0.15) is 64.6 Å². The van der Waals surface area contributed by atoms with Gasteiger partial charge in [-0.1, -0.05) is 23.9 Å². The quantitative estimate of drug-likeness (QED) is 0.457. The van der Waals surface area contributed by atoms with Gasteiger partial charge in [0.05, 0.1) is 23.8 Å². The minimum atomic E-state index is -0.481. The first-order chi connectivity index (χ1) is 13.8. The molecule has 1 aromatic carbocycles. The third-order valence-electron chi connectivity index (χ3n) is 4.57. The molecule has 0 saturated carbocycles. The van der Waals surface area contributed by atoms with Crippen molar-refractivity contribution in [3.63, 3.8) is 0 Å². The van der Waals surface area contributed by atoms with Crippen molar-refractivity contribution in [3.05, 3.63) is 45.1 Å². The van der Waals surface area contributed by atoms with Gasteiger partial charge in [-0.05, 0) is 13.0 Å². The summed E-state index contributed by atoms with van der Waals surface area (Å²) in [6, 6.07) is 2.96. The minimum Gasteiger partial charge on any atom is -0.492 e. The van der Waals surface area contributed by atoms with Gasteiger partial charge < -0.3 is 9.26 Å². The molecule has 0 fully saturated rings. The second kappa shape index (κ2) is 7.41. The molecular formula is C21H18FN3O3S. The van der Waals surface area contributed by atoms with Gasteiger partial charge in [-0.25, -0.2) is 9.37 Å². The van der Waals surface area contributed by atoms with Crippen LogP contribution in [0.4, 0.5) is 4.39 Å². The van der Waals surface area contributed by atoms with Gasteiger partial charge in [-0.3, -0.25) is 4.79 Å². The van der Waals surface area contributed by atoms with Crippen LogP contribution in [0, 0.1) is 24.6 Å². The van der Waals surface area contributed by atoms with Crippen LogP contribution in [0.3, 0.4) is 0 Å². The number of hydrogen-bond donors (Lipinski definition) is 0. The van der Waals surface area contributed by atoms with Crippen LogP contribution < -0.4 is 4.74 Å². The molecule has 0 aliphatic carbocycles. The lowest BCUT2D eigenvalue weighted by atomic mass is 10.0. The van der Waals surface area contributed by atoms with Gasteiger partial charge in [-0.2, -0.15) is 4.98 Å². The SMILES string of the molecule is CC(=O)c1nc2c(s1)C(C)COc1cc(F)c(C#CC(C)c3noc(C)n3)cc1-2. The Morgan fingerprint density at radius 3 is 2.86 bits per heavy atom. The van der Waals surface area contributed by atoms with Crippen molar-refractivity contribution in [2.75, 3.05) is 6.61 Å². The van der Waals surface area contributed by atoms with Gasteiger partial charge in [0.15, 0.2) is 16.6 Å². The van der Waals surface area contributed by atoms with Crippen molar-refractivity contribution in [2.24, 2.45) is 0 Å². The number of halogens is 1. The van der Waals surface area contributed by atoms with Gasteiger partial charge in [0.25, 0.3) is 0 Å². The van der Waals surface area contributed by atoms with Crippen molar-refractivity contribution in [3.8, 4) is 28.8 Å². The maximum atomic E-state index is 14.7. The molecule has 3 heterocycles. The van der Waals surface area contributed by atoms with Gasteiger partial charge in [-0.15, -0.1) is 11.3 Å². The average molecular weight is 411 g/mol. The van der Waals surface area contributed by atoms with E-state index in [9.17, 15) is 9.18 Å². The number of rotatable bonds is 2. The Kier molecular flexibility index (Phi) is 4.92. The number of hydrogen-bond acceptors (Lipinski definition) is 7. The van der Waals surface area contributed by atoms with Crippen molar-refractivity contribution < 1.29 is 18.4 Å². The molecule has 0 radical (unpaired) electrons. The van der Waals surface area contributed by atoms with E-state index in [2.05, 4.69) is 27.0 Å². The van der Waals surface area contributed by atoms with Gasteiger partial charge in [0, 0.05) is 36.3 Å². The predicted molar refractivity (Wildman–Crippen MR) is 106 cm³/mol. The summed E-state index contributed by atoms with van der Waals surface area (Å²) in [6.07, 6.45) is 0. The van der Waals surface area contributed by atoms with Crippen LogP contribution in [0.5, 0.6) is 5.75 Å². The first-order valence-electron chi connectivity index (χ1n) is 9.13. The molecule has 29 heavy (non-hydrogen) atoms. The smallest absolute Gasteiger partial charge is 0.223 e. The summed E-state index contributed by atoms with van der Waals surface area (Å²) >= 11 is 1.36. The second-order valence-corrected chi connectivity index (χ2v) is 8.02. The number of aryl methyl sites for hydroxylation is 1. The molecule has 2 atom stereocenters.